The van der Waals surface area contributed by atoms with Crippen molar-refractivity contribution in [3.63, 3.8) is 0 Å². The van der Waals surface area contributed by atoms with E-state index in [9.17, 15) is 0 Å². The molecular formula is C14H15ClN2. The van der Waals surface area contributed by atoms with E-state index in [1.54, 1.807) is 7.05 Å². The van der Waals surface area contributed by atoms with E-state index in [0.717, 1.165) is 16.3 Å². The van der Waals surface area contributed by atoms with E-state index in [0.29, 0.717) is 0 Å². The van der Waals surface area contributed by atoms with Crippen LogP contribution in [0, 0.1) is 13.8 Å². The molecule has 0 saturated heterocycles. The predicted octanol–water partition coefficient (Wildman–Crippen LogP) is 3.80. The Kier molecular flexibility index (Phi) is 3.34. The third kappa shape index (κ3) is 2.27. The summed E-state index contributed by atoms with van der Waals surface area (Å²) >= 11 is 5.90. The van der Waals surface area contributed by atoms with Gasteiger partial charge in [-0.25, -0.2) is 0 Å². The maximum Gasteiger partial charge on any atom is 0.0456 e. The number of aliphatic imine (C=N–C) groups is 1. The Morgan fingerprint density at radius 2 is 1.82 bits per heavy atom. The van der Waals surface area contributed by atoms with Gasteiger partial charge in [0.1, 0.15) is 0 Å². The van der Waals surface area contributed by atoms with Crippen molar-refractivity contribution in [2.75, 3.05) is 7.05 Å². The summed E-state index contributed by atoms with van der Waals surface area (Å²) in [5.41, 5.74) is 4.66. The molecule has 17 heavy (non-hydrogen) atoms. The zero-order valence-electron chi connectivity index (χ0n) is 10.2. The normalized spacial score (nSPS) is 11.3. The van der Waals surface area contributed by atoms with Crippen LogP contribution in [-0.4, -0.2) is 17.8 Å². The minimum absolute atomic E-state index is 0.756. The summed E-state index contributed by atoms with van der Waals surface area (Å²) in [6, 6.07) is 9.99. The number of hydrogen-bond acceptors (Lipinski definition) is 1. The lowest BCUT2D eigenvalue weighted by Crippen LogP contribution is -1.99. The van der Waals surface area contributed by atoms with Crippen molar-refractivity contribution in [3.8, 4) is 5.69 Å². The van der Waals surface area contributed by atoms with Gasteiger partial charge >= 0.3 is 0 Å². The summed E-state index contributed by atoms with van der Waals surface area (Å²) in [6.07, 6.45) is 1.88. The van der Waals surface area contributed by atoms with Gasteiger partial charge in [0.05, 0.1) is 0 Å². The first-order valence-corrected chi connectivity index (χ1v) is 5.88. The van der Waals surface area contributed by atoms with Gasteiger partial charge in [-0.05, 0) is 44.2 Å². The molecule has 0 spiro atoms. The minimum Gasteiger partial charge on any atom is -0.318 e. The highest BCUT2D eigenvalue weighted by Gasteiger charge is 2.08. The van der Waals surface area contributed by atoms with Crippen LogP contribution >= 0.6 is 11.6 Å². The van der Waals surface area contributed by atoms with Crippen LogP contribution in [0.1, 0.15) is 17.0 Å². The summed E-state index contributed by atoms with van der Waals surface area (Å²) in [5.74, 6) is 0. The van der Waals surface area contributed by atoms with Gasteiger partial charge in [0.2, 0.25) is 0 Å². The smallest absolute Gasteiger partial charge is 0.0456 e. The first-order chi connectivity index (χ1) is 8.13. The highest BCUT2D eigenvalue weighted by molar-refractivity contribution is 6.30. The van der Waals surface area contributed by atoms with Crippen LogP contribution in [0.25, 0.3) is 5.69 Å². The van der Waals surface area contributed by atoms with E-state index in [1.807, 2.05) is 30.5 Å². The molecule has 0 aliphatic heterocycles. The Balaban J connectivity index is 2.55. The minimum atomic E-state index is 0.756. The van der Waals surface area contributed by atoms with Gasteiger partial charge in [-0.3, -0.25) is 4.99 Å². The average molecular weight is 247 g/mol. The van der Waals surface area contributed by atoms with Gasteiger partial charge in [-0.1, -0.05) is 11.6 Å². The van der Waals surface area contributed by atoms with E-state index in [-0.39, 0.29) is 0 Å². The van der Waals surface area contributed by atoms with Gasteiger partial charge in [-0.15, -0.1) is 0 Å². The van der Waals surface area contributed by atoms with E-state index < -0.39 is 0 Å². The maximum absolute atomic E-state index is 5.90. The molecule has 88 valence electrons. The fourth-order valence-electron chi connectivity index (χ4n) is 2.04. The zero-order chi connectivity index (χ0) is 12.4. The van der Waals surface area contributed by atoms with Crippen LogP contribution in [0.15, 0.2) is 35.3 Å². The van der Waals surface area contributed by atoms with Crippen molar-refractivity contribution in [2.24, 2.45) is 4.99 Å². The number of aromatic nitrogens is 1. The van der Waals surface area contributed by atoms with Gasteiger partial charge < -0.3 is 4.57 Å². The monoisotopic (exact) mass is 246 g/mol. The number of hydrogen-bond donors (Lipinski definition) is 0. The highest BCUT2D eigenvalue weighted by atomic mass is 35.5. The topological polar surface area (TPSA) is 17.3 Å². The second-order valence-electron chi connectivity index (χ2n) is 4.03. The molecule has 1 aromatic heterocycles. The van der Waals surface area contributed by atoms with Crippen LogP contribution in [0.2, 0.25) is 5.02 Å². The molecule has 0 unspecified atom stereocenters. The molecule has 2 nitrogen and oxygen atoms in total. The summed E-state index contributed by atoms with van der Waals surface area (Å²) in [7, 11) is 1.79. The molecular weight excluding hydrogens is 232 g/mol. The Labute approximate surface area is 107 Å². The quantitative estimate of drug-likeness (QED) is 0.718. The molecule has 0 N–H and O–H groups in total. The van der Waals surface area contributed by atoms with Gasteiger partial charge in [0.25, 0.3) is 0 Å². The second kappa shape index (κ2) is 4.76. The van der Waals surface area contributed by atoms with Crippen molar-refractivity contribution in [3.05, 3.63) is 52.3 Å². The van der Waals surface area contributed by atoms with Gasteiger partial charge in [0, 0.05) is 40.9 Å². The molecule has 0 aliphatic rings. The Hall–Kier alpha value is -1.54. The van der Waals surface area contributed by atoms with E-state index in [4.69, 9.17) is 11.6 Å². The van der Waals surface area contributed by atoms with Crippen molar-refractivity contribution in [1.29, 1.82) is 0 Å². The standard InChI is InChI=1S/C14H15ClN2/c1-10-8-12(9-16-3)11(2)17(10)14-6-4-13(15)5-7-14/h4-9H,1-3H3/b16-9+. The van der Waals surface area contributed by atoms with Crippen LogP contribution in [0.3, 0.4) is 0 Å². The number of aryl methyl sites for hydroxylation is 1. The SMILES string of the molecule is C/N=C/c1cc(C)n(-c2ccc(Cl)cc2)c1C. The molecule has 2 rings (SSSR count). The number of nitrogens with zero attached hydrogens (tertiary/aromatic N) is 2. The third-order valence-electron chi connectivity index (χ3n) is 2.82. The molecule has 0 bridgehead atoms. The Morgan fingerprint density at radius 1 is 1.18 bits per heavy atom. The van der Waals surface area contributed by atoms with Gasteiger partial charge in [-0.2, -0.15) is 0 Å². The summed E-state index contributed by atoms with van der Waals surface area (Å²) in [4.78, 5) is 4.07. The van der Waals surface area contributed by atoms with Gasteiger partial charge in [0.15, 0.2) is 0 Å². The third-order valence-corrected chi connectivity index (χ3v) is 3.08. The highest BCUT2D eigenvalue weighted by Crippen LogP contribution is 2.21. The maximum atomic E-state index is 5.90. The van der Waals surface area contributed by atoms with Crippen LogP contribution in [0.4, 0.5) is 0 Å². The summed E-state index contributed by atoms with van der Waals surface area (Å²) in [6.45, 7) is 4.19. The average Bonchev–Trinajstić information content (AvgIpc) is 2.57. The number of halogens is 1. The van der Waals surface area contributed by atoms with Crippen molar-refractivity contribution in [1.82, 2.24) is 4.57 Å². The van der Waals surface area contributed by atoms with E-state index in [1.165, 1.54) is 11.4 Å². The van der Waals surface area contributed by atoms with Crippen LogP contribution < -0.4 is 0 Å². The molecule has 0 saturated carbocycles. The first kappa shape index (κ1) is 11.9. The molecule has 0 radical (unpaired) electrons. The molecule has 1 aromatic carbocycles. The van der Waals surface area contributed by atoms with Crippen molar-refractivity contribution < 1.29 is 0 Å². The predicted molar refractivity (Wildman–Crippen MR) is 73.8 cm³/mol. The molecule has 3 heteroatoms. The molecule has 1 heterocycles. The van der Waals surface area contributed by atoms with Crippen LogP contribution in [-0.2, 0) is 0 Å². The summed E-state index contributed by atoms with van der Waals surface area (Å²) in [5, 5.41) is 0.756. The molecule has 0 atom stereocenters. The van der Waals surface area contributed by atoms with E-state index >= 15 is 0 Å². The number of rotatable bonds is 2. The second-order valence-corrected chi connectivity index (χ2v) is 4.46. The lowest BCUT2D eigenvalue weighted by atomic mass is 10.2. The molecule has 0 aliphatic carbocycles. The largest absolute Gasteiger partial charge is 0.318 e. The first-order valence-electron chi connectivity index (χ1n) is 5.50. The Bertz CT molecular complexity index is 550. The zero-order valence-corrected chi connectivity index (χ0v) is 11.0. The Morgan fingerprint density at radius 3 is 2.41 bits per heavy atom. The molecule has 0 amide bonds. The van der Waals surface area contributed by atoms with Crippen molar-refractivity contribution in [2.45, 2.75) is 13.8 Å². The molecule has 2 aromatic rings. The van der Waals surface area contributed by atoms with E-state index in [2.05, 4.69) is 29.5 Å². The van der Waals surface area contributed by atoms with Crippen molar-refractivity contribution >= 4 is 17.8 Å². The number of benzene rings is 1. The summed E-state index contributed by atoms with van der Waals surface area (Å²) < 4.78 is 2.20. The van der Waals surface area contributed by atoms with Crippen LogP contribution in [0.5, 0.6) is 0 Å². The fourth-order valence-corrected chi connectivity index (χ4v) is 2.17. The lowest BCUT2D eigenvalue weighted by Gasteiger charge is -2.09. The fraction of sp³-hybridized carbons (Fsp3) is 0.214. The lowest BCUT2D eigenvalue weighted by molar-refractivity contribution is 0.965. The molecule has 0 fully saturated rings.